The van der Waals surface area contributed by atoms with Gasteiger partial charge in [-0.05, 0) is 56.8 Å². The molecule has 1 aliphatic heterocycles. The summed E-state index contributed by atoms with van der Waals surface area (Å²) in [5.41, 5.74) is 7.65. The Balaban J connectivity index is 2.19. The highest BCUT2D eigenvalue weighted by atomic mass is 32.1. The van der Waals surface area contributed by atoms with Gasteiger partial charge in [-0.3, -0.25) is 4.90 Å². The molecule has 17 heavy (non-hydrogen) atoms. The van der Waals surface area contributed by atoms with Gasteiger partial charge in [-0.2, -0.15) is 0 Å². The van der Waals surface area contributed by atoms with Crippen LogP contribution >= 0.6 is 11.3 Å². The second-order valence-electron chi connectivity index (χ2n) is 5.22. The maximum atomic E-state index is 6.24. The lowest BCUT2D eigenvalue weighted by Crippen LogP contribution is -2.40. The first-order valence-corrected chi connectivity index (χ1v) is 7.61. The van der Waals surface area contributed by atoms with Crippen molar-refractivity contribution in [1.29, 1.82) is 0 Å². The molecule has 2 N–H and O–H groups in total. The normalized spacial score (nSPS) is 22.1. The number of hydrogen-bond acceptors (Lipinski definition) is 3. The van der Waals surface area contributed by atoms with Gasteiger partial charge in [-0.25, -0.2) is 0 Å². The van der Waals surface area contributed by atoms with Gasteiger partial charge in [0.05, 0.1) is 6.04 Å². The van der Waals surface area contributed by atoms with Gasteiger partial charge in [0.25, 0.3) is 0 Å². The topological polar surface area (TPSA) is 29.3 Å². The number of nitrogens with two attached hydrogens (primary N) is 1. The molecule has 1 aliphatic rings. The van der Waals surface area contributed by atoms with Gasteiger partial charge in [0, 0.05) is 10.9 Å². The molecule has 96 valence electrons. The van der Waals surface area contributed by atoms with Crippen molar-refractivity contribution in [3.63, 3.8) is 0 Å². The monoisotopic (exact) mass is 252 g/mol. The molecule has 2 unspecified atom stereocenters. The van der Waals surface area contributed by atoms with Crippen molar-refractivity contribution in [3.05, 3.63) is 21.9 Å². The molecular formula is C14H24N2S. The fourth-order valence-corrected chi connectivity index (χ4v) is 3.97. The Kier molecular flexibility index (Phi) is 4.60. The molecule has 0 saturated carbocycles. The van der Waals surface area contributed by atoms with Gasteiger partial charge in [-0.1, -0.05) is 12.8 Å². The van der Waals surface area contributed by atoms with Gasteiger partial charge in [-0.15, -0.1) is 11.3 Å². The molecule has 1 fully saturated rings. The lowest BCUT2D eigenvalue weighted by Gasteiger charge is -2.33. The second kappa shape index (κ2) is 5.98. The Morgan fingerprint density at radius 1 is 1.24 bits per heavy atom. The first-order valence-electron chi connectivity index (χ1n) is 6.74. The Morgan fingerprint density at radius 3 is 2.35 bits per heavy atom. The minimum Gasteiger partial charge on any atom is -0.326 e. The molecule has 2 rings (SSSR count). The second-order valence-corrected chi connectivity index (χ2v) is 6.17. The SMILES string of the molecule is Cc1ccsc1C(C(C)N)N1CCCCCC1. The number of rotatable bonds is 3. The smallest absolute Gasteiger partial charge is 0.0593 e. The minimum atomic E-state index is 0.213. The molecule has 0 spiro atoms. The zero-order chi connectivity index (χ0) is 12.3. The van der Waals surface area contributed by atoms with Crippen LogP contribution in [0.5, 0.6) is 0 Å². The van der Waals surface area contributed by atoms with Crippen molar-refractivity contribution >= 4 is 11.3 Å². The molecule has 1 aromatic heterocycles. The summed E-state index contributed by atoms with van der Waals surface area (Å²) in [6.45, 7) is 6.78. The van der Waals surface area contributed by atoms with E-state index < -0.39 is 0 Å². The van der Waals surface area contributed by atoms with Crippen molar-refractivity contribution in [2.75, 3.05) is 13.1 Å². The number of nitrogens with zero attached hydrogens (tertiary/aromatic N) is 1. The molecule has 1 saturated heterocycles. The molecule has 1 aromatic rings. The van der Waals surface area contributed by atoms with Gasteiger partial charge in [0.15, 0.2) is 0 Å². The summed E-state index contributed by atoms with van der Waals surface area (Å²) < 4.78 is 0. The summed E-state index contributed by atoms with van der Waals surface area (Å²) in [4.78, 5) is 4.08. The number of hydrogen-bond donors (Lipinski definition) is 1. The van der Waals surface area contributed by atoms with Crippen LogP contribution in [-0.2, 0) is 0 Å². The maximum absolute atomic E-state index is 6.24. The zero-order valence-electron chi connectivity index (χ0n) is 11.0. The van der Waals surface area contributed by atoms with E-state index in [1.807, 2.05) is 11.3 Å². The average Bonchev–Trinajstić information content (AvgIpc) is 2.55. The van der Waals surface area contributed by atoms with Gasteiger partial charge >= 0.3 is 0 Å². The van der Waals surface area contributed by atoms with E-state index >= 15 is 0 Å². The molecule has 2 atom stereocenters. The molecule has 0 aromatic carbocycles. The number of thiophene rings is 1. The Hall–Kier alpha value is -0.380. The standard InChI is InChI=1S/C14H24N2S/c1-11-7-10-17-14(11)13(12(2)15)16-8-5-3-4-6-9-16/h7,10,12-13H,3-6,8-9,15H2,1-2H3. The Morgan fingerprint density at radius 2 is 1.88 bits per heavy atom. The molecule has 2 heterocycles. The third-order valence-corrected chi connectivity index (χ3v) is 4.79. The third-order valence-electron chi connectivity index (χ3n) is 3.70. The van der Waals surface area contributed by atoms with Crippen molar-refractivity contribution in [3.8, 4) is 0 Å². The summed E-state index contributed by atoms with van der Waals surface area (Å²) in [5.74, 6) is 0. The Bertz CT molecular complexity index is 338. The van der Waals surface area contributed by atoms with Crippen LogP contribution in [0.15, 0.2) is 11.4 Å². The lowest BCUT2D eigenvalue weighted by atomic mass is 10.0. The van der Waals surface area contributed by atoms with Gasteiger partial charge in [0.1, 0.15) is 0 Å². The molecule has 2 nitrogen and oxygen atoms in total. The highest BCUT2D eigenvalue weighted by Gasteiger charge is 2.26. The van der Waals surface area contributed by atoms with Crippen LogP contribution in [0.1, 0.15) is 49.1 Å². The summed E-state index contributed by atoms with van der Waals surface area (Å²) >= 11 is 1.86. The van der Waals surface area contributed by atoms with Gasteiger partial charge < -0.3 is 5.73 Å². The van der Waals surface area contributed by atoms with Crippen molar-refractivity contribution < 1.29 is 0 Å². The van der Waals surface area contributed by atoms with Crippen molar-refractivity contribution in [1.82, 2.24) is 4.90 Å². The van der Waals surface area contributed by atoms with Crippen molar-refractivity contribution in [2.24, 2.45) is 5.73 Å². The lowest BCUT2D eigenvalue weighted by molar-refractivity contribution is 0.185. The van der Waals surface area contributed by atoms with Crippen LogP contribution in [0.2, 0.25) is 0 Å². The van der Waals surface area contributed by atoms with Crippen molar-refractivity contribution in [2.45, 2.75) is 51.6 Å². The van der Waals surface area contributed by atoms with E-state index in [1.165, 1.54) is 49.2 Å². The highest BCUT2D eigenvalue weighted by Crippen LogP contribution is 2.32. The summed E-state index contributed by atoms with van der Waals surface area (Å²) in [6, 6.07) is 2.85. The summed E-state index contributed by atoms with van der Waals surface area (Å²) in [5, 5.41) is 2.19. The first kappa shape index (κ1) is 13.1. The van der Waals surface area contributed by atoms with Crippen LogP contribution in [0.25, 0.3) is 0 Å². The van der Waals surface area contributed by atoms with Crippen LogP contribution in [-0.4, -0.2) is 24.0 Å². The van der Waals surface area contributed by atoms with Gasteiger partial charge in [0.2, 0.25) is 0 Å². The van der Waals surface area contributed by atoms with E-state index in [4.69, 9.17) is 5.73 Å². The Labute approximate surface area is 109 Å². The minimum absolute atomic E-state index is 0.213. The van der Waals surface area contributed by atoms with Crippen LogP contribution < -0.4 is 5.73 Å². The molecule has 0 aliphatic carbocycles. The predicted octanol–water partition coefficient (Wildman–Crippen LogP) is 3.32. The zero-order valence-corrected chi connectivity index (χ0v) is 11.8. The molecule has 3 heteroatoms. The molecular weight excluding hydrogens is 228 g/mol. The molecule has 0 amide bonds. The van der Waals surface area contributed by atoms with E-state index in [9.17, 15) is 0 Å². The van der Waals surface area contributed by atoms with E-state index in [-0.39, 0.29) is 6.04 Å². The predicted molar refractivity (Wildman–Crippen MR) is 75.5 cm³/mol. The van der Waals surface area contributed by atoms with E-state index in [1.54, 1.807) is 0 Å². The molecule has 0 bridgehead atoms. The molecule has 0 radical (unpaired) electrons. The number of aryl methyl sites for hydroxylation is 1. The first-order chi connectivity index (χ1) is 8.20. The maximum Gasteiger partial charge on any atom is 0.0593 e. The van der Waals surface area contributed by atoms with E-state index in [0.29, 0.717) is 6.04 Å². The fraction of sp³-hybridized carbons (Fsp3) is 0.714. The average molecular weight is 252 g/mol. The highest BCUT2D eigenvalue weighted by molar-refractivity contribution is 7.10. The van der Waals surface area contributed by atoms with Crippen LogP contribution in [0.4, 0.5) is 0 Å². The quantitative estimate of drug-likeness (QED) is 0.894. The fourth-order valence-electron chi connectivity index (χ4n) is 2.80. The third kappa shape index (κ3) is 3.09. The van der Waals surface area contributed by atoms with Crippen LogP contribution in [0.3, 0.4) is 0 Å². The van der Waals surface area contributed by atoms with E-state index in [2.05, 4.69) is 30.2 Å². The summed E-state index contributed by atoms with van der Waals surface area (Å²) in [7, 11) is 0. The van der Waals surface area contributed by atoms with E-state index in [0.717, 1.165) is 0 Å². The number of likely N-dealkylation sites (tertiary alicyclic amines) is 1. The largest absolute Gasteiger partial charge is 0.326 e. The van der Waals surface area contributed by atoms with Crippen LogP contribution in [0, 0.1) is 6.92 Å². The summed E-state index contributed by atoms with van der Waals surface area (Å²) in [6.07, 6.45) is 5.42.